The molecule has 2 N–H and O–H groups in total. The Hall–Kier alpha value is -2.18. The molecule has 0 atom stereocenters. The highest BCUT2D eigenvalue weighted by molar-refractivity contribution is 6.35. The van der Waals surface area contributed by atoms with Crippen molar-refractivity contribution in [3.8, 4) is 0 Å². The van der Waals surface area contributed by atoms with Crippen LogP contribution >= 0.6 is 23.2 Å². The Morgan fingerprint density at radius 1 is 1.14 bits per heavy atom. The Morgan fingerprint density at radius 2 is 1.86 bits per heavy atom. The summed E-state index contributed by atoms with van der Waals surface area (Å²) in [6.45, 7) is 1.32. The highest BCUT2D eigenvalue weighted by Crippen LogP contribution is 2.22. The first kappa shape index (κ1) is 16.2. The Bertz CT molecular complexity index is 753. The van der Waals surface area contributed by atoms with Gasteiger partial charge in [-0.05, 0) is 30.3 Å². The third-order valence-electron chi connectivity index (χ3n) is 2.56. The minimum atomic E-state index is -0.716. The van der Waals surface area contributed by atoms with Crippen LogP contribution in [0.15, 0.2) is 30.3 Å². The number of hydrogen-bond acceptors (Lipinski definition) is 3. The van der Waals surface area contributed by atoms with E-state index >= 15 is 0 Å². The summed E-state index contributed by atoms with van der Waals surface area (Å²) in [5, 5.41) is 4.99. The molecule has 22 heavy (non-hydrogen) atoms. The van der Waals surface area contributed by atoms with Gasteiger partial charge in [-0.15, -0.1) is 0 Å². The first-order valence-corrected chi connectivity index (χ1v) is 6.83. The number of nitrogens with zero attached hydrogens (tertiary/aromatic N) is 1. The third-order valence-corrected chi connectivity index (χ3v) is 3.08. The minimum Gasteiger partial charge on any atom is -0.326 e. The largest absolute Gasteiger partial charge is 0.326 e. The van der Waals surface area contributed by atoms with Gasteiger partial charge in [0.2, 0.25) is 5.91 Å². The van der Waals surface area contributed by atoms with E-state index in [-0.39, 0.29) is 27.5 Å². The molecule has 0 radical (unpaired) electrons. The van der Waals surface area contributed by atoms with Crippen LogP contribution in [0, 0.1) is 5.82 Å². The molecule has 0 aliphatic rings. The van der Waals surface area contributed by atoms with E-state index in [2.05, 4.69) is 15.6 Å². The molecule has 1 heterocycles. The fourth-order valence-corrected chi connectivity index (χ4v) is 2.00. The maximum Gasteiger partial charge on any atom is 0.275 e. The lowest BCUT2D eigenvalue weighted by Gasteiger charge is -2.09. The maximum absolute atomic E-state index is 13.8. The second-order valence-electron chi connectivity index (χ2n) is 4.29. The summed E-state index contributed by atoms with van der Waals surface area (Å²) < 4.78 is 13.8. The fraction of sp³-hybridized carbons (Fsp3) is 0.0714. The first-order chi connectivity index (χ1) is 10.4. The third kappa shape index (κ3) is 3.93. The summed E-state index contributed by atoms with van der Waals surface area (Å²) >= 11 is 11.6. The lowest BCUT2D eigenvalue weighted by atomic mass is 10.2. The molecule has 0 aliphatic heterocycles. The van der Waals surface area contributed by atoms with Crippen molar-refractivity contribution in [3.63, 3.8) is 0 Å². The summed E-state index contributed by atoms with van der Waals surface area (Å²) in [7, 11) is 0. The zero-order chi connectivity index (χ0) is 16.3. The van der Waals surface area contributed by atoms with Gasteiger partial charge in [0.15, 0.2) is 0 Å². The van der Waals surface area contributed by atoms with Crippen molar-refractivity contribution in [1.82, 2.24) is 4.98 Å². The van der Waals surface area contributed by atoms with Crippen molar-refractivity contribution in [2.75, 3.05) is 10.6 Å². The summed E-state index contributed by atoms with van der Waals surface area (Å²) in [4.78, 5) is 26.9. The number of hydrogen-bond donors (Lipinski definition) is 2. The molecule has 5 nitrogen and oxygen atoms in total. The molecule has 0 aliphatic carbocycles. The maximum atomic E-state index is 13.8. The van der Waals surface area contributed by atoms with Crippen molar-refractivity contribution in [2.24, 2.45) is 0 Å². The van der Waals surface area contributed by atoms with E-state index < -0.39 is 11.7 Å². The second kappa shape index (κ2) is 6.72. The van der Waals surface area contributed by atoms with Gasteiger partial charge in [0.05, 0.1) is 10.7 Å². The Balaban J connectivity index is 2.27. The number of nitrogens with one attached hydrogen (secondary N) is 2. The van der Waals surface area contributed by atoms with E-state index in [9.17, 15) is 14.0 Å². The van der Waals surface area contributed by atoms with Crippen LogP contribution in [0.1, 0.15) is 17.4 Å². The number of anilines is 2. The molecule has 2 amide bonds. The zero-order valence-corrected chi connectivity index (χ0v) is 12.8. The Kier molecular flexibility index (Phi) is 4.95. The van der Waals surface area contributed by atoms with Crippen molar-refractivity contribution >= 4 is 46.4 Å². The molecule has 1 aromatic carbocycles. The average Bonchev–Trinajstić information content (AvgIpc) is 2.44. The van der Waals surface area contributed by atoms with Crippen molar-refractivity contribution in [2.45, 2.75) is 6.92 Å². The average molecular weight is 342 g/mol. The predicted molar refractivity (Wildman–Crippen MR) is 82.9 cm³/mol. The van der Waals surface area contributed by atoms with Gasteiger partial charge in [0.25, 0.3) is 5.91 Å². The van der Waals surface area contributed by atoms with Crippen LogP contribution in [0.2, 0.25) is 10.2 Å². The Morgan fingerprint density at radius 3 is 2.55 bits per heavy atom. The van der Waals surface area contributed by atoms with Gasteiger partial charge in [-0.3, -0.25) is 9.59 Å². The first-order valence-electron chi connectivity index (χ1n) is 6.07. The van der Waals surface area contributed by atoms with Crippen LogP contribution in [-0.2, 0) is 4.79 Å². The van der Waals surface area contributed by atoms with E-state index in [1.165, 1.54) is 31.2 Å². The van der Waals surface area contributed by atoms with E-state index in [4.69, 9.17) is 23.2 Å². The highest BCUT2D eigenvalue weighted by atomic mass is 35.5. The molecule has 2 aromatic rings. The molecule has 0 bridgehead atoms. The van der Waals surface area contributed by atoms with Gasteiger partial charge < -0.3 is 10.6 Å². The molecule has 0 unspecified atom stereocenters. The number of benzene rings is 1. The molecule has 0 spiro atoms. The molecule has 0 saturated heterocycles. The molecule has 1 aromatic heterocycles. The zero-order valence-electron chi connectivity index (χ0n) is 11.3. The molecule has 8 heteroatoms. The summed E-state index contributed by atoms with van der Waals surface area (Å²) in [5.74, 6) is -1.70. The summed E-state index contributed by atoms with van der Waals surface area (Å²) in [6.07, 6.45) is 0. The van der Waals surface area contributed by atoms with Gasteiger partial charge in [-0.1, -0.05) is 23.2 Å². The topological polar surface area (TPSA) is 71.1 Å². The highest BCUT2D eigenvalue weighted by Gasteiger charge is 2.15. The van der Waals surface area contributed by atoms with Crippen LogP contribution in [-0.4, -0.2) is 16.8 Å². The smallest absolute Gasteiger partial charge is 0.275 e. The van der Waals surface area contributed by atoms with Crippen molar-refractivity contribution in [3.05, 3.63) is 52.0 Å². The molecule has 114 valence electrons. The van der Waals surface area contributed by atoms with Gasteiger partial charge >= 0.3 is 0 Å². The van der Waals surface area contributed by atoms with Crippen molar-refractivity contribution < 1.29 is 14.0 Å². The number of carbonyl (C=O) groups is 2. The lowest BCUT2D eigenvalue weighted by molar-refractivity contribution is -0.114. The predicted octanol–water partition coefficient (Wildman–Crippen LogP) is 3.74. The minimum absolute atomic E-state index is 0.0836. The summed E-state index contributed by atoms with van der Waals surface area (Å²) in [6, 6.07) is 6.62. The van der Waals surface area contributed by atoms with Crippen molar-refractivity contribution in [1.29, 1.82) is 0 Å². The van der Waals surface area contributed by atoms with Gasteiger partial charge in [-0.25, -0.2) is 9.37 Å². The Labute approximate surface area is 135 Å². The normalized spacial score (nSPS) is 10.2. The van der Waals surface area contributed by atoms with E-state index in [1.807, 2.05) is 0 Å². The lowest BCUT2D eigenvalue weighted by Crippen LogP contribution is -2.16. The van der Waals surface area contributed by atoms with Crippen LogP contribution in [0.25, 0.3) is 0 Å². The van der Waals surface area contributed by atoms with Gasteiger partial charge in [0.1, 0.15) is 16.7 Å². The SMILES string of the molecule is CC(=O)Nc1ccc(F)c(NC(=O)c2nc(Cl)ccc2Cl)c1. The molecule has 2 rings (SSSR count). The number of amides is 2. The molecular formula is C14H10Cl2FN3O2. The number of rotatable bonds is 3. The number of carbonyl (C=O) groups excluding carboxylic acids is 2. The van der Waals surface area contributed by atoms with E-state index in [0.717, 1.165) is 6.07 Å². The quantitative estimate of drug-likeness (QED) is 0.835. The van der Waals surface area contributed by atoms with Gasteiger partial charge in [0, 0.05) is 12.6 Å². The number of halogens is 3. The van der Waals surface area contributed by atoms with E-state index in [0.29, 0.717) is 5.69 Å². The van der Waals surface area contributed by atoms with Crippen LogP contribution in [0.5, 0.6) is 0 Å². The van der Waals surface area contributed by atoms with Gasteiger partial charge in [-0.2, -0.15) is 0 Å². The fourth-order valence-electron chi connectivity index (χ4n) is 1.66. The molecular weight excluding hydrogens is 332 g/mol. The standard InChI is InChI=1S/C14H10Cl2FN3O2/c1-7(21)18-8-2-4-10(17)11(6-8)19-14(22)13-9(15)3-5-12(16)20-13/h2-6H,1H3,(H,18,21)(H,19,22). The number of pyridine rings is 1. The second-order valence-corrected chi connectivity index (χ2v) is 5.09. The monoisotopic (exact) mass is 341 g/mol. The van der Waals surface area contributed by atoms with Crippen LogP contribution < -0.4 is 10.6 Å². The van der Waals surface area contributed by atoms with Crippen LogP contribution in [0.4, 0.5) is 15.8 Å². The summed E-state index contributed by atoms with van der Waals surface area (Å²) in [5.41, 5.74) is 0.0990. The molecule has 0 fully saturated rings. The van der Waals surface area contributed by atoms with E-state index in [1.54, 1.807) is 0 Å². The van der Waals surface area contributed by atoms with Crippen LogP contribution in [0.3, 0.4) is 0 Å². The molecule has 0 saturated carbocycles. The number of aromatic nitrogens is 1.